The van der Waals surface area contributed by atoms with Crippen LogP contribution >= 0.6 is 0 Å². The molecular formula is C38H43FO5Si. The van der Waals surface area contributed by atoms with Gasteiger partial charge < -0.3 is 19.4 Å². The number of aliphatic hydroxyl groups excluding tert-OH is 2. The quantitative estimate of drug-likeness (QED) is 0.175. The van der Waals surface area contributed by atoms with Gasteiger partial charge in [0, 0.05) is 17.4 Å². The van der Waals surface area contributed by atoms with Crippen molar-refractivity contribution >= 4 is 25.4 Å². The molecule has 1 aliphatic rings. The molecule has 0 radical (unpaired) electrons. The van der Waals surface area contributed by atoms with Gasteiger partial charge in [-0.1, -0.05) is 112 Å². The predicted octanol–water partition coefficient (Wildman–Crippen LogP) is 5.27. The standard InChI is InChI=1S/C38H43FO5Si/c1-36(2,3)34-33(41)25-38(26-40,29-19-21-30(39)22-20-29)37(34,23-24-43-35(42)28-13-7-4-8-14-28)27-44-45(31-15-9-5-10-16-31)32-17-11-6-12-18-32/h4-22,33-34,40-41,45H,23-27H2,1-3H3/t33-,34+,37-,38+/m0/s1. The van der Waals surface area contributed by atoms with E-state index in [4.69, 9.17) is 9.16 Å². The molecule has 1 aliphatic carbocycles. The molecule has 5 nitrogen and oxygen atoms in total. The molecule has 5 rings (SSSR count). The summed E-state index contributed by atoms with van der Waals surface area (Å²) in [6, 6.07) is 35.4. The Labute approximate surface area is 267 Å². The second-order valence-corrected chi connectivity index (χ2v) is 15.7. The lowest BCUT2D eigenvalue weighted by Crippen LogP contribution is -2.56. The largest absolute Gasteiger partial charge is 0.462 e. The summed E-state index contributed by atoms with van der Waals surface area (Å²) in [6.45, 7) is 6.24. The third-order valence-corrected chi connectivity index (χ3v) is 12.1. The molecule has 2 N–H and O–H groups in total. The lowest BCUT2D eigenvalue weighted by Gasteiger charge is -2.52. The van der Waals surface area contributed by atoms with Crippen molar-refractivity contribution in [2.75, 3.05) is 19.8 Å². The molecule has 1 saturated carbocycles. The fourth-order valence-corrected chi connectivity index (χ4v) is 10.2. The van der Waals surface area contributed by atoms with Gasteiger partial charge in [-0.15, -0.1) is 0 Å². The minimum absolute atomic E-state index is 0.0578. The molecule has 4 aromatic rings. The van der Waals surface area contributed by atoms with Crippen molar-refractivity contribution in [1.29, 1.82) is 0 Å². The number of carbonyl (C=O) groups excluding carboxylic acids is 1. The van der Waals surface area contributed by atoms with E-state index in [1.165, 1.54) is 12.1 Å². The smallest absolute Gasteiger partial charge is 0.338 e. The third-order valence-electron chi connectivity index (χ3n) is 9.59. The number of hydrogen-bond acceptors (Lipinski definition) is 5. The average Bonchev–Trinajstić information content (AvgIpc) is 3.31. The van der Waals surface area contributed by atoms with E-state index in [2.05, 4.69) is 45.0 Å². The van der Waals surface area contributed by atoms with Crippen LogP contribution in [0.4, 0.5) is 4.39 Å². The van der Waals surface area contributed by atoms with E-state index in [1.807, 2.05) is 42.5 Å². The second kappa shape index (κ2) is 13.8. The Morgan fingerprint density at radius 1 is 0.867 bits per heavy atom. The van der Waals surface area contributed by atoms with Crippen LogP contribution in [-0.4, -0.2) is 51.1 Å². The summed E-state index contributed by atoms with van der Waals surface area (Å²) >= 11 is 0. The van der Waals surface area contributed by atoms with Gasteiger partial charge in [0.15, 0.2) is 0 Å². The summed E-state index contributed by atoms with van der Waals surface area (Å²) in [6.07, 6.45) is -0.201. The monoisotopic (exact) mass is 626 g/mol. The minimum atomic E-state index is -2.26. The molecule has 4 atom stereocenters. The van der Waals surface area contributed by atoms with Gasteiger partial charge in [0.1, 0.15) is 5.82 Å². The van der Waals surface area contributed by atoms with E-state index in [9.17, 15) is 19.4 Å². The Morgan fingerprint density at radius 3 is 1.91 bits per heavy atom. The van der Waals surface area contributed by atoms with Crippen LogP contribution in [0.5, 0.6) is 0 Å². The molecular weight excluding hydrogens is 583 g/mol. The molecule has 236 valence electrons. The van der Waals surface area contributed by atoms with E-state index in [-0.39, 0.29) is 38.0 Å². The van der Waals surface area contributed by atoms with E-state index in [0.29, 0.717) is 12.0 Å². The first-order valence-corrected chi connectivity index (χ1v) is 17.2. The van der Waals surface area contributed by atoms with Crippen LogP contribution < -0.4 is 10.4 Å². The van der Waals surface area contributed by atoms with E-state index >= 15 is 0 Å². The third kappa shape index (κ3) is 6.68. The summed E-state index contributed by atoms with van der Waals surface area (Å²) in [7, 11) is -2.26. The van der Waals surface area contributed by atoms with E-state index in [0.717, 1.165) is 15.9 Å². The molecule has 4 aromatic carbocycles. The molecule has 45 heavy (non-hydrogen) atoms. The van der Waals surface area contributed by atoms with Crippen LogP contribution in [0.15, 0.2) is 115 Å². The molecule has 1 fully saturated rings. The molecule has 0 aromatic heterocycles. The minimum Gasteiger partial charge on any atom is -0.462 e. The van der Waals surface area contributed by atoms with Crippen molar-refractivity contribution in [3.05, 3.63) is 132 Å². The maximum absolute atomic E-state index is 14.2. The summed E-state index contributed by atoms with van der Waals surface area (Å²) in [5.74, 6) is -1.16. The fourth-order valence-electron chi connectivity index (χ4n) is 7.79. The predicted molar refractivity (Wildman–Crippen MR) is 178 cm³/mol. The van der Waals surface area contributed by atoms with Crippen molar-refractivity contribution in [2.45, 2.75) is 45.1 Å². The van der Waals surface area contributed by atoms with Crippen LogP contribution in [0, 0.1) is 22.6 Å². The van der Waals surface area contributed by atoms with Crippen molar-refractivity contribution < 1.29 is 28.6 Å². The van der Waals surface area contributed by atoms with Crippen LogP contribution in [0.25, 0.3) is 0 Å². The highest BCUT2D eigenvalue weighted by Crippen LogP contribution is 2.63. The number of halogens is 1. The van der Waals surface area contributed by atoms with Crippen LogP contribution in [0.2, 0.25) is 0 Å². The zero-order valence-electron chi connectivity index (χ0n) is 26.2. The van der Waals surface area contributed by atoms with Gasteiger partial charge in [0.05, 0.1) is 24.9 Å². The highest BCUT2D eigenvalue weighted by molar-refractivity contribution is 6.80. The first kappa shape index (κ1) is 32.8. The Hall–Kier alpha value is -3.62. The maximum atomic E-state index is 14.2. The van der Waals surface area contributed by atoms with Gasteiger partial charge in [0.2, 0.25) is 9.04 Å². The number of aliphatic hydroxyl groups is 2. The lowest BCUT2D eigenvalue weighted by atomic mass is 9.54. The molecule has 0 amide bonds. The summed E-state index contributed by atoms with van der Waals surface area (Å²) < 4.78 is 27.2. The molecule has 0 unspecified atom stereocenters. The highest BCUT2D eigenvalue weighted by atomic mass is 28.3. The zero-order valence-corrected chi connectivity index (χ0v) is 27.4. The number of ether oxygens (including phenoxy) is 1. The van der Waals surface area contributed by atoms with Crippen molar-refractivity contribution in [3.63, 3.8) is 0 Å². The molecule has 7 heteroatoms. The van der Waals surface area contributed by atoms with Gasteiger partial charge in [-0.3, -0.25) is 0 Å². The number of esters is 1. The summed E-state index contributed by atoms with van der Waals surface area (Å²) in [5.41, 5.74) is -1.12. The first-order valence-electron chi connectivity index (χ1n) is 15.6. The number of hydrogen-bond donors (Lipinski definition) is 2. The fraction of sp³-hybridized carbons (Fsp3) is 0.342. The topological polar surface area (TPSA) is 76.0 Å². The second-order valence-electron chi connectivity index (χ2n) is 13.3. The van der Waals surface area contributed by atoms with Gasteiger partial charge >= 0.3 is 5.97 Å². The van der Waals surface area contributed by atoms with Gasteiger partial charge in [-0.05, 0) is 64.4 Å². The Morgan fingerprint density at radius 2 is 1.40 bits per heavy atom. The van der Waals surface area contributed by atoms with Crippen molar-refractivity contribution in [2.24, 2.45) is 16.7 Å². The molecule has 0 aliphatic heterocycles. The molecule has 0 bridgehead atoms. The highest BCUT2D eigenvalue weighted by Gasteiger charge is 2.66. The number of rotatable bonds is 11. The normalized spacial score (nSPS) is 23.3. The van der Waals surface area contributed by atoms with Crippen molar-refractivity contribution in [1.82, 2.24) is 0 Å². The van der Waals surface area contributed by atoms with Crippen LogP contribution in [0.1, 0.15) is 49.5 Å². The summed E-state index contributed by atoms with van der Waals surface area (Å²) in [4.78, 5) is 13.1. The Kier molecular flexibility index (Phi) is 10.0. The Balaban J connectivity index is 1.62. The zero-order chi connectivity index (χ0) is 32.1. The van der Waals surface area contributed by atoms with E-state index < -0.39 is 37.4 Å². The van der Waals surface area contributed by atoms with Gasteiger partial charge in [-0.2, -0.15) is 0 Å². The SMILES string of the molecule is CC(C)(C)[C@H]1[C@@H](O)C[C@@](CO)(c2ccc(F)cc2)[C@@]1(CCOC(=O)c1ccccc1)CO[SiH](c1ccccc1)c1ccccc1. The maximum Gasteiger partial charge on any atom is 0.338 e. The van der Waals surface area contributed by atoms with Crippen molar-refractivity contribution in [3.8, 4) is 0 Å². The van der Waals surface area contributed by atoms with Gasteiger partial charge in [0.25, 0.3) is 0 Å². The van der Waals surface area contributed by atoms with Crippen LogP contribution in [0.3, 0.4) is 0 Å². The average molecular weight is 627 g/mol. The lowest BCUT2D eigenvalue weighted by molar-refractivity contribution is -0.0699. The van der Waals surface area contributed by atoms with Crippen LogP contribution in [-0.2, 0) is 14.6 Å². The summed E-state index contributed by atoms with van der Waals surface area (Å²) in [5, 5.41) is 25.5. The van der Waals surface area contributed by atoms with Gasteiger partial charge in [-0.25, -0.2) is 9.18 Å². The molecule has 0 saturated heterocycles. The number of carbonyl (C=O) groups is 1. The molecule has 0 heterocycles. The first-order chi connectivity index (χ1) is 21.6. The Bertz CT molecular complexity index is 1490. The van der Waals surface area contributed by atoms with E-state index in [1.54, 1.807) is 36.4 Å². The number of benzene rings is 4. The molecule has 0 spiro atoms.